The van der Waals surface area contributed by atoms with Gasteiger partial charge in [0.05, 0.1) is 11.6 Å². The van der Waals surface area contributed by atoms with Gasteiger partial charge in [0.2, 0.25) is 0 Å². The number of carbonyl (C=O) groups excluding carboxylic acids is 1. The third-order valence-electron chi connectivity index (χ3n) is 1.99. The van der Waals surface area contributed by atoms with Gasteiger partial charge in [-0.15, -0.1) is 0 Å². The number of alkyl halides is 3. The van der Waals surface area contributed by atoms with Gasteiger partial charge in [-0.3, -0.25) is 0 Å². The van der Waals surface area contributed by atoms with Crippen LogP contribution in [0.1, 0.15) is 12.5 Å². The molecule has 4 nitrogen and oxygen atoms in total. The molecule has 19 heavy (non-hydrogen) atoms. The van der Waals surface area contributed by atoms with Crippen molar-refractivity contribution in [2.75, 3.05) is 6.61 Å². The molecule has 0 fully saturated rings. The van der Waals surface area contributed by atoms with Gasteiger partial charge < -0.3 is 9.47 Å². The Labute approximate surface area is 107 Å². The van der Waals surface area contributed by atoms with Gasteiger partial charge in [-0.2, -0.15) is 18.4 Å². The fourth-order valence-corrected chi connectivity index (χ4v) is 1.16. The molecule has 102 valence electrons. The first kappa shape index (κ1) is 14.8. The molecular weight excluding hydrogens is 263 g/mol. The van der Waals surface area contributed by atoms with Gasteiger partial charge in [0.1, 0.15) is 5.75 Å². The molecule has 0 N–H and O–H groups in total. The molecule has 1 unspecified atom stereocenters. The van der Waals surface area contributed by atoms with Crippen molar-refractivity contribution in [3.05, 3.63) is 29.8 Å². The van der Waals surface area contributed by atoms with Gasteiger partial charge in [0.25, 0.3) is 0 Å². The van der Waals surface area contributed by atoms with Crippen molar-refractivity contribution in [1.29, 1.82) is 5.26 Å². The molecule has 0 aliphatic heterocycles. The van der Waals surface area contributed by atoms with E-state index < -0.39 is 24.9 Å². The average Bonchev–Trinajstić information content (AvgIpc) is 2.35. The fraction of sp³-hybridized carbons (Fsp3) is 0.333. The molecule has 0 bridgehead atoms. The smallest absolute Gasteiger partial charge is 0.422 e. The zero-order valence-electron chi connectivity index (χ0n) is 9.90. The van der Waals surface area contributed by atoms with E-state index in [-0.39, 0.29) is 5.75 Å². The Morgan fingerprint density at radius 3 is 2.74 bits per heavy atom. The minimum atomic E-state index is -4.57. The summed E-state index contributed by atoms with van der Waals surface area (Å²) in [7, 11) is 0. The molecule has 0 aliphatic rings. The van der Waals surface area contributed by atoms with Gasteiger partial charge in [-0.1, -0.05) is 6.07 Å². The van der Waals surface area contributed by atoms with Crippen molar-refractivity contribution < 1.29 is 27.4 Å². The maximum absolute atomic E-state index is 11.9. The number of halogens is 3. The van der Waals surface area contributed by atoms with Gasteiger partial charge in [0.15, 0.2) is 12.7 Å². The highest BCUT2D eigenvalue weighted by molar-refractivity contribution is 5.74. The lowest BCUT2D eigenvalue weighted by Crippen LogP contribution is -2.30. The summed E-state index contributed by atoms with van der Waals surface area (Å²) in [4.78, 5) is 11.2. The minimum absolute atomic E-state index is 0.204. The summed E-state index contributed by atoms with van der Waals surface area (Å²) in [6, 6.07) is 7.78. The van der Waals surface area contributed by atoms with E-state index in [2.05, 4.69) is 4.74 Å². The number of hydrogen-bond donors (Lipinski definition) is 0. The number of esters is 1. The second-order valence-corrected chi connectivity index (χ2v) is 3.62. The highest BCUT2D eigenvalue weighted by Crippen LogP contribution is 2.17. The van der Waals surface area contributed by atoms with Crippen molar-refractivity contribution in [2.24, 2.45) is 0 Å². The average molecular weight is 273 g/mol. The molecule has 7 heteroatoms. The number of rotatable bonds is 4. The lowest BCUT2D eigenvalue weighted by Gasteiger charge is -2.14. The highest BCUT2D eigenvalue weighted by atomic mass is 19.4. The number of hydrogen-bond acceptors (Lipinski definition) is 4. The lowest BCUT2D eigenvalue weighted by atomic mass is 10.2. The van der Waals surface area contributed by atoms with E-state index in [1.165, 1.54) is 31.2 Å². The first-order chi connectivity index (χ1) is 8.81. The topological polar surface area (TPSA) is 59.3 Å². The summed E-state index contributed by atoms with van der Waals surface area (Å²) in [5, 5.41) is 8.66. The second kappa shape index (κ2) is 6.09. The van der Waals surface area contributed by atoms with Crippen LogP contribution in [0.3, 0.4) is 0 Å². The Balaban J connectivity index is 2.56. The van der Waals surface area contributed by atoms with Crippen molar-refractivity contribution in [3.8, 4) is 11.8 Å². The molecule has 1 aromatic rings. The van der Waals surface area contributed by atoms with E-state index >= 15 is 0 Å². The Morgan fingerprint density at radius 2 is 2.16 bits per heavy atom. The molecule has 0 saturated heterocycles. The first-order valence-corrected chi connectivity index (χ1v) is 5.22. The fourth-order valence-electron chi connectivity index (χ4n) is 1.16. The van der Waals surface area contributed by atoms with Crippen LogP contribution >= 0.6 is 0 Å². The molecule has 0 aromatic heterocycles. The predicted octanol–water partition coefficient (Wildman–Crippen LogP) is 2.43. The summed E-state index contributed by atoms with van der Waals surface area (Å²) in [5.74, 6) is -0.921. The van der Waals surface area contributed by atoms with E-state index in [4.69, 9.17) is 10.00 Å². The monoisotopic (exact) mass is 273 g/mol. The minimum Gasteiger partial charge on any atom is -0.479 e. The number of benzene rings is 1. The van der Waals surface area contributed by atoms with Crippen LogP contribution in [0.5, 0.6) is 5.75 Å². The van der Waals surface area contributed by atoms with E-state index in [0.29, 0.717) is 5.56 Å². The number of carbonyl (C=O) groups is 1. The van der Waals surface area contributed by atoms with E-state index in [9.17, 15) is 18.0 Å². The predicted molar refractivity (Wildman–Crippen MR) is 58.3 cm³/mol. The van der Waals surface area contributed by atoms with Crippen LogP contribution < -0.4 is 4.74 Å². The standard InChI is InChI=1S/C12H10F3NO3/c1-8(11(17)18-7-12(13,14)15)19-10-4-2-3-9(5-10)6-16/h2-5,8H,7H2,1H3. The summed E-state index contributed by atoms with van der Waals surface area (Å²) in [6.07, 6.45) is -5.77. The molecule has 0 aliphatic carbocycles. The molecule has 1 rings (SSSR count). The molecule has 0 spiro atoms. The van der Waals surface area contributed by atoms with Crippen LogP contribution in [0.4, 0.5) is 13.2 Å². The Morgan fingerprint density at radius 1 is 1.47 bits per heavy atom. The molecule has 0 radical (unpaired) electrons. The number of nitrogens with zero attached hydrogens (tertiary/aromatic N) is 1. The van der Waals surface area contributed by atoms with E-state index in [1.54, 1.807) is 0 Å². The van der Waals surface area contributed by atoms with Crippen molar-refractivity contribution in [2.45, 2.75) is 19.2 Å². The molecular formula is C12H10F3NO3. The van der Waals surface area contributed by atoms with Crippen LogP contribution in [0.15, 0.2) is 24.3 Å². The van der Waals surface area contributed by atoms with Crippen LogP contribution in [-0.4, -0.2) is 24.9 Å². The zero-order chi connectivity index (χ0) is 14.5. The van der Waals surface area contributed by atoms with E-state index in [1.807, 2.05) is 6.07 Å². The molecule has 1 atom stereocenters. The largest absolute Gasteiger partial charge is 0.479 e. The Bertz CT molecular complexity index is 494. The summed E-state index contributed by atoms with van der Waals surface area (Å²) < 4.78 is 44.7. The molecule has 0 heterocycles. The first-order valence-electron chi connectivity index (χ1n) is 5.22. The van der Waals surface area contributed by atoms with Crippen LogP contribution in [-0.2, 0) is 9.53 Å². The number of ether oxygens (including phenoxy) is 2. The van der Waals surface area contributed by atoms with Gasteiger partial charge in [-0.25, -0.2) is 4.79 Å². The molecule has 0 amide bonds. The maximum atomic E-state index is 11.9. The van der Waals surface area contributed by atoms with Crippen molar-refractivity contribution in [3.63, 3.8) is 0 Å². The van der Waals surface area contributed by atoms with Gasteiger partial charge >= 0.3 is 12.1 Å². The van der Waals surface area contributed by atoms with Crippen molar-refractivity contribution in [1.82, 2.24) is 0 Å². The third kappa shape index (κ3) is 5.29. The second-order valence-electron chi connectivity index (χ2n) is 3.62. The van der Waals surface area contributed by atoms with E-state index in [0.717, 1.165) is 0 Å². The number of nitriles is 1. The SMILES string of the molecule is CC(Oc1cccc(C#N)c1)C(=O)OCC(F)(F)F. The maximum Gasteiger partial charge on any atom is 0.422 e. The van der Waals surface area contributed by atoms with Gasteiger partial charge in [0, 0.05) is 0 Å². The van der Waals surface area contributed by atoms with Crippen LogP contribution in [0.2, 0.25) is 0 Å². The summed E-state index contributed by atoms with van der Waals surface area (Å²) in [5.41, 5.74) is 0.313. The zero-order valence-corrected chi connectivity index (χ0v) is 9.90. The molecule has 0 saturated carbocycles. The quantitative estimate of drug-likeness (QED) is 0.790. The lowest BCUT2D eigenvalue weighted by molar-refractivity contribution is -0.190. The Kier molecular flexibility index (Phi) is 4.75. The van der Waals surface area contributed by atoms with Crippen LogP contribution in [0.25, 0.3) is 0 Å². The highest BCUT2D eigenvalue weighted by Gasteiger charge is 2.31. The van der Waals surface area contributed by atoms with Crippen molar-refractivity contribution >= 4 is 5.97 Å². The Hall–Kier alpha value is -2.23. The van der Waals surface area contributed by atoms with Gasteiger partial charge in [-0.05, 0) is 25.1 Å². The third-order valence-corrected chi connectivity index (χ3v) is 1.99. The molecule has 1 aromatic carbocycles. The summed E-state index contributed by atoms with van der Waals surface area (Å²) in [6.45, 7) is -0.393. The normalized spacial score (nSPS) is 12.4. The van der Waals surface area contributed by atoms with Crippen LogP contribution in [0, 0.1) is 11.3 Å². The summed E-state index contributed by atoms with van der Waals surface area (Å²) >= 11 is 0.